The van der Waals surface area contributed by atoms with Gasteiger partial charge in [0.2, 0.25) is 5.96 Å². The van der Waals surface area contributed by atoms with E-state index in [1.807, 2.05) is 16.8 Å². The number of nitrogens with zero attached hydrogens (tertiary/aromatic N) is 4. The number of halogens is 3. The highest BCUT2D eigenvalue weighted by Crippen LogP contribution is 2.30. The highest BCUT2D eigenvalue weighted by molar-refractivity contribution is 6.35. The third-order valence-corrected chi connectivity index (χ3v) is 5.98. The van der Waals surface area contributed by atoms with E-state index in [-0.39, 0.29) is 5.96 Å². The van der Waals surface area contributed by atoms with Gasteiger partial charge in [0.15, 0.2) is 0 Å². The minimum Gasteiger partial charge on any atom is -0.335 e. The van der Waals surface area contributed by atoms with Crippen molar-refractivity contribution in [3.63, 3.8) is 0 Å². The lowest BCUT2D eigenvalue weighted by Gasteiger charge is -2.19. The number of anilines is 1. The van der Waals surface area contributed by atoms with Crippen molar-refractivity contribution in [2.45, 2.75) is 12.6 Å². The second-order valence-electron chi connectivity index (χ2n) is 7.69. The zero-order valence-electron chi connectivity index (χ0n) is 18.7. The predicted molar refractivity (Wildman–Crippen MR) is 143 cm³/mol. The van der Waals surface area contributed by atoms with Gasteiger partial charge in [-0.25, -0.2) is 9.98 Å². The number of hydrogen-bond acceptors (Lipinski definition) is 4. The molecule has 0 fully saturated rings. The Labute approximate surface area is 223 Å². The van der Waals surface area contributed by atoms with Crippen LogP contribution in [0.4, 0.5) is 5.69 Å². The van der Waals surface area contributed by atoms with E-state index in [9.17, 15) is 4.79 Å². The summed E-state index contributed by atoms with van der Waals surface area (Å²) in [7, 11) is 0. The normalized spacial score (nSPS) is 12.0. The molecule has 0 aliphatic carbocycles. The Balaban J connectivity index is 1.71. The van der Waals surface area contributed by atoms with Crippen LogP contribution in [0.5, 0.6) is 0 Å². The Morgan fingerprint density at radius 2 is 1.75 bits per heavy atom. The Morgan fingerprint density at radius 3 is 2.39 bits per heavy atom. The lowest BCUT2D eigenvalue weighted by molar-refractivity contribution is 0.0977. The lowest BCUT2D eigenvalue weighted by atomic mass is 10.1. The number of nitrogens with one attached hydrogen (secondary N) is 2. The fourth-order valence-electron chi connectivity index (χ4n) is 3.37. The van der Waals surface area contributed by atoms with Crippen molar-refractivity contribution < 1.29 is 4.79 Å². The minimum atomic E-state index is -0.500. The summed E-state index contributed by atoms with van der Waals surface area (Å²) in [5.74, 6) is -0.203. The number of rotatable bonds is 6. The summed E-state index contributed by atoms with van der Waals surface area (Å²) in [6.07, 6.45) is 5.16. The van der Waals surface area contributed by atoms with Crippen molar-refractivity contribution >= 4 is 52.4 Å². The van der Waals surface area contributed by atoms with Gasteiger partial charge in [-0.05, 0) is 66.2 Å². The van der Waals surface area contributed by atoms with Crippen LogP contribution >= 0.6 is 34.8 Å². The summed E-state index contributed by atoms with van der Waals surface area (Å²) in [6, 6.07) is 20.0. The van der Waals surface area contributed by atoms with Crippen molar-refractivity contribution in [3.05, 3.63) is 117 Å². The van der Waals surface area contributed by atoms with Gasteiger partial charge < -0.3 is 9.88 Å². The Hall–Kier alpha value is -3.83. The summed E-state index contributed by atoms with van der Waals surface area (Å²) in [6.45, 7) is 0.403. The van der Waals surface area contributed by atoms with Gasteiger partial charge in [-0.15, -0.1) is 0 Å². The average molecular weight is 538 g/mol. The standard InChI is InChI=1S/C26H19Cl3N6O/c27-19-5-8-21(9-6-19)32-26(34-25(36)18-3-1-17(14-30)2-4-18)33-24(15-35-12-11-31-16-35)22-10-7-20(28)13-23(22)29/h1-13,16,24H,15H2,(H2,32,33,34,36)/t24-/m1/s1. The largest absolute Gasteiger partial charge is 0.335 e. The number of carbonyl (C=O) groups excluding carboxylic acids is 1. The third kappa shape index (κ3) is 6.64. The van der Waals surface area contributed by atoms with E-state index in [1.165, 1.54) is 0 Å². The van der Waals surface area contributed by atoms with Crippen LogP contribution in [0.15, 0.2) is 90.4 Å². The topological polar surface area (TPSA) is 95.1 Å². The van der Waals surface area contributed by atoms with Crippen molar-refractivity contribution in [2.75, 3.05) is 5.32 Å². The van der Waals surface area contributed by atoms with E-state index < -0.39 is 11.9 Å². The Bertz CT molecular complexity index is 1410. The van der Waals surface area contributed by atoms with E-state index in [1.54, 1.807) is 79.3 Å². The van der Waals surface area contributed by atoms with Gasteiger partial charge in [0.25, 0.3) is 5.91 Å². The number of imidazole rings is 1. The van der Waals surface area contributed by atoms with Crippen LogP contribution in [0.3, 0.4) is 0 Å². The van der Waals surface area contributed by atoms with E-state index in [4.69, 9.17) is 45.1 Å². The number of guanidine groups is 1. The molecule has 180 valence electrons. The smallest absolute Gasteiger partial charge is 0.257 e. The van der Waals surface area contributed by atoms with Crippen LogP contribution in [-0.4, -0.2) is 21.4 Å². The molecule has 7 nitrogen and oxygen atoms in total. The molecule has 4 aromatic rings. The monoisotopic (exact) mass is 536 g/mol. The molecule has 2 N–H and O–H groups in total. The van der Waals surface area contributed by atoms with Crippen molar-refractivity contribution in [1.29, 1.82) is 5.26 Å². The highest BCUT2D eigenvalue weighted by atomic mass is 35.5. The number of carbonyl (C=O) groups is 1. The maximum Gasteiger partial charge on any atom is 0.257 e. The van der Waals surface area contributed by atoms with Crippen molar-refractivity contribution in [3.8, 4) is 6.07 Å². The molecule has 4 rings (SSSR count). The molecule has 0 unspecified atom stereocenters. The van der Waals surface area contributed by atoms with Crippen molar-refractivity contribution in [2.24, 2.45) is 4.99 Å². The maximum atomic E-state index is 13.1. The number of benzene rings is 3. The van der Waals surface area contributed by atoms with Gasteiger partial charge in [0.1, 0.15) is 0 Å². The first-order chi connectivity index (χ1) is 17.4. The molecule has 0 saturated heterocycles. The number of hydrogen-bond donors (Lipinski definition) is 2. The van der Waals surface area contributed by atoms with Crippen LogP contribution in [0, 0.1) is 11.3 Å². The molecule has 1 amide bonds. The molecular weight excluding hydrogens is 519 g/mol. The molecular formula is C26H19Cl3N6O. The van der Waals surface area contributed by atoms with Crippen LogP contribution in [0.1, 0.15) is 27.5 Å². The quantitative estimate of drug-likeness (QED) is 0.221. The molecule has 3 aromatic carbocycles. The zero-order valence-corrected chi connectivity index (χ0v) is 21.0. The Kier molecular flexibility index (Phi) is 8.24. The van der Waals surface area contributed by atoms with E-state index >= 15 is 0 Å². The molecule has 0 bridgehead atoms. The number of nitriles is 1. The number of amides is 1. The van der Waals surface area contributed by atoms with Gasteiger partial charge in [0.05, 0.1) is 30.5 Å². The van der Waals surface area contributed by atoms with Crippen molar-refractivity contribution in [1.82, 2.24) is 14.9 Å². The van der Waals surface area contributed by atoms with Gasteiger partial charge in [-0.1, -0.05) is 40.9 Å². The van der Waals surface area contributed by atoms with E-state index in [0.717, 1.165) is 5.56 Å². The van der Waals surface area contributed by atoms with Gasteiger partial charge in [-0.3, -0.25) is 10.1 Å². The van der Waals surface area contributed by atoms with Crippen LogP contribution < -0.4 is 10.6 Å². The first kappa shape index (κ1) is 25.3. The molecule has 0 aliphatic heterocycles. The molecule has 0 saturated carbocycles. The average Bonchev–Trinajstić information content (AvgIpc) is 3.38. The summed E-state index contributed by atoms with van der Waals surface area (Å²) in [4.78, 5) is 22.0. The fourth-order valence-corrected chi connectivity index (χ4v) is 4.03. The van der Waals surface area contributed by atoms with Crippen LogP contribution in [-0.2, 0) is 6.54 Å². The highest BCUT2D eigenvalue weighted by Gasteiger charge is 2.18. The SMILES string of the molecule is N#Cc1ccc(C(=O)NC(=N[C@H](Cn2ccnc2)c2ccc(Cl)cc2Cl)Nc2ccc(Cl)cc2)cc1. The molecule has 1 aromatic heterocycles. The molecule has 0 aliphatic rings. The molecule has 36 heavy (non-hydrogen) atoms. The molecule has 1 heterocycles. The van der Waals surface area contributed by atoms with E-state index in [0.29, 0.717) is 38.4 Å². The zero-order chi connectivity index (χ0) is 25.5. The Morgan fingerprint density at radius 1 is 1.03 bits per heavy atom. The molecule has 1 atom stereocenters. The summed E-state index contributed by atoms with van der Waals surface area (Å²) < 4.78 is 1.86. The van der Waals surface area contributed by atoms with Gasteiger partial charge >= 0.3 is 0 Å². The van der Waals surface area contributed by atoms with Gasteiger partial charge in [0, 0.05) is 38.7 Å². The first-order valence-corrected chi connectivity index (χ1v) is 11.9. The fraction of sp³-hybridized carbons (Fsp3) is 0.0769. The second-order valence-corrected chi connectivity index (χ2v) is 8.97. The number of aliphatic imine (C=N–C) groups is 1. The first-order valence-electron chi connectivity index (χ1n) is 10.7. The van der Waals surface area contributed by atoms with Gasteiger partial charge in [-0.2, -0.15) is 5.26 Å². The third-order valence-electron chi connectivity index (χ3n) is 5.16. The van der Waals surface area contributed by atoms with Crippen LogP contribution in [0.2, 0.25) is 15.1 Å². The second kappa shape index (κ2) is 11.7. The molecule has 10 heteroatoms. The number of aromatic nitrogens is 2. The summed E-state index contributed by atoms with van der Waals surface area (Å²) in [5, 5.41) is 16.5. The van der Waals surface area contributed by atoms with E-state index in [2.05, 4.69) is 15.6 Å². The lowest BCUT2D eigenvalue weighted by Crippen LogP contribution is -2.36. The predicted octanol–water partition coefficient (Wildman–Crippen LogP) is 6.35. The summed E-state index contributed by atoms with van der Waals surface area (Å²) in [5.41, 5.74) is 2.22. The summed E-state index contributed by atoms with van der Waals surface area (Å²) >= 11 is 18.7. The maximum absolute atomic E-state index is 13.1. The molecule has 0 spiro atoms. The van der Waals surface area contributed by atoms with Crippen LogP contribution in [0.25, 0.3) is 0 Å². The minimum absolute atomic E-state index is 0.197. The molecule has 0 radical (unpaired) electrons.